The quantitative estimate of drug-likeness (QED) is 0.867. The van der Waals surface area contributed by atoms with E-state index >= 15 is 0 Å². The molecule has 2 aromatic rings. The highest BCUT2D eigenvalue weighted by atomic mass is 79.9. The van der Waals surface area contributed by atoms with E-state index in [0.29, 0.717) is 18.4 Å². The van der Waals surface area contributed by atoms with Crippen LogP contribution in [0.3, 0.4) is 0 Å². The molecule has 0 spiro atoms. The molecule has 0 saturated heterocycles. The fraction of sp³-hybridized carbons (Fsp3) is 0.250. The van der Waals surface area contributed by atoms with Crippen LogP contribution < -0.4 is 0 Å². The molecule has 1 unspecified atom stereocenters. The Morgan fingerprint density at radius 3 is 2.25 bits per heavy atom. The third kappa shape index (κ3) is 4.12. The van der Waals surface area contributed by atoms with Gasteiger partial charge < -0.3 is 5.11 Å². The highest BCUT2D eigenvalue weighted by Gasteiger charge is 2.12. The van der Waals surface area contributed by atoms with Gasteiger partial charge in [0.05, 0.1) is 0 Å². The molecule has 0 amide bonds. The number of benzene rings is 2. The molecule has 1 atom stereocenters. The Labute approximate surface area is 125 Å². The summed E-state index contributed by atoms with van der Waals surface area (Å²) in [6.07, 6.45) is 1.20. The molecule has 0 aliphatic carbocycles. The SMILES string of the molecule is OCC(Cc1cccc(Br)c1)Cc1ccc(F)c(F)c1. The molecule has 0 heterocycles. The molecule has 0 aliphatic heterocycles. The molecule has 20 heavy (non-hydrogen) atoms. The van der Waals surface area contributed by atoms with E-state index in [4.69, 9.17) is 0 Å². The Balaban J connectivity index is 2.07. The molecule has 0 fully saturated rings. The lowest BCUT2D eigenvalue weighted by molar-refractivity contribution is 0.225. The van der Waals surface area contributed by atoms with E-state index in [1.807, 2.05) is 24.3 Å². The van der Waals surface area contributed by atoms with Crippen molar-refractivity contribution in [3.05, 3.63) is 69.7 Å². The van der Waals surface area contributed by atoms with E-state index in [1.165, 1.54) is 6.07 Å². The molecule has 2 aromatic carbocycles. The molecule has 0 aromatic heterocycles. The van der Waals surface area contributed by atoms with Crippen molar-refractivity contribution in [2.45, 2.75) is 12.8 Å². The number of rotatable bonds is 5. The average molecular weight is 341 g/mol. The molecule has 2 rings (SSSR count). The van der Waals surface area contributed by atoms with Crippen LogP contribution in [0, 0.1) is 17.6 Å². The number of aliphatic hydroxyl groups excluding tert-OH is 1. The minimum atomic E-state index is -0.846. The van der Waals surface area contributed by atoms with Crippen LogP contribution >= 0.6 is 15.9 Å². The molecule has 0 saturated carbocycles. The van der Waals surface area contributed by atoms with Crippen LogP contribution in [0.5, 0.6) is 0 Å². The van der Waals surface area contributed by atoms with Gasteiger partial charge in [0.15, 0.2) is 11.6 Å². The molecule has 4 heteroatoms. The zero-order chi connectivity index (χ0) is 14.5. The van der Waals surface area contributed by atoms with E-state index in [0.717, 1.165) is 16.1 Å². The maximum atomic E-state index is 13.2. The Morgan fingerprint density at radius 1 is 0.950 bits per heavy atom. The summed E-state index contributed by atoms with van der Waals surface area (Å²) < 4.78 is 27.0. The lowest BCUT2D eigenvalue weighted by atomic mass is 9.93. The first-order valence-electron chi connectivity index (χ1n) is 6.37. The summed E-state index contributed by atoms with van der Waals surface area (Å²) in [5, 5.41) is 9.46. The van der Waals surface area contributed by atoms with Crippen molar-refractivity contribution in [1.82, 2.24) is 0 Å². The van der Waals surface area contributed by atoms with Crippen molar-refractivity contribution >= 4 is 15.9 Å². The van der Waals surface area contributed by atoms with Crippen molar-refractivity contribution in [3.63, 3.8) is 0 Å². The van der Waals surface area contributed by atoms with E-state index in [9.17, 15) is 13.9 Å². The first-order valence-corrected chi connectivity index (χ1v) is 7.17. The zero-order valence-electron chi connectivity index (χ0n) is 10.8. The van der Waals surface area contributed by atoms with Gasteiger partial charge in [-0.25, -0.2) is 8.78 Å². The summed E-state index contributed by atoms with van der Waals surface area (Å²) in [5.41, 5.74) is 1.79. The Bertz CT molecular complexity index is 586. The van der Waals surface area contributed by atoms with Gasteiger partial charge in [-0.3, -0.25) is 0 Å². The Morgan fingerprint density at radius 2 is 1.65 bits per heavy atom. The average Bonchev–Trinajstić information content (AvgIpc) is 2.42. The topological polar surface area (TPSA) is 20.2 Å². The number of aliphatic hydroxyl groups is 1. The van der Waals surface area contributed by atoms with Gasteiger partial charge in [0.2, 0.25) is 0 Å². The second-order valence-corrected chi connectivity index (χ2v) is 5.75. The smallest absolute Gasteiger partial charge is 0.159 e. The van der Waals surface area contributed by atoms with Crippen molar-refractivity contribution in [1.29, 1.82) is 0 Å². The molecular weight excluding hydrogens is 326 g/mol. The van der Waals surface area contributed by atoms with Crippen molar-refractivity contribution < 1.29 is 13.9 Å². The number of hydrogen-bond donors (Lipinski definition) is 1. The second-order valence-electron chi connectivity index (χ2n) is 4.84. The molecule has 0 radical (unpaired) electrons. The largest absolute Gasteiger partial charge is 0.396 e. The fourth-order valence-electron chi connectivity index (χ4n) is 2.20. The molecule has 1 N–H and O–H groups in total. The predicted molar refractivity (Wildman–Crippen MR) is 78.5 cm³/mol. The van der Waals surface area contributed by atoms with Crippen LogP contribution in [0.15, 0.2) is 46.9 Å². The molecular formula is C16H15BrF2O. The van der Waals surface area contributed by atoms with E-state index in [-0.39, 0.29) is 12.5 Å². The van der Waals surface area contributed by atoms with Gasteiger partial charge in [-0.15, -0.1) is 0 Å². The van der Waals surface area contributed by atoms with Crippen molar-refractivity contribution in [2.24, 2.45) is 5.92 Å². The molecule has 106 valence electrons. The highest BCUT2D eigenvalue weighted by Crippen LogP contribution is 2.19. The maximum absolute atomic E-state index is 13.2. The van der Waals surface area contributed by atoms with Gasteiger partial charge in [0.1, 0.15) is 0 Å². The third-order valence-electron chi connectivity index (χ3n) is 3.18. The number of halogens is 3. The van der Waals surface area contributed by atoms with Crippen LogP contribution in [0.4, 0.5) is 8.78 Å². The van der Waals surface area contributed by atoms with Crippen LogP contribution in [-0.2, 0) is 12.8 Å². The van der Waals surface area contributed by atoms with Crippen LogP contribution in [0.1, 0.15) is 11.1 Å². The van der Waals surface area contributed by atoms with Gasteiger partial charge in [0, 0.05) is 11.1 Å². The van der Waals surface area contributed by atoms with Crippen LogP contribution in [0.2, 0.25) is 0 Å². The summed E-state index contributed by atoms with van der Waals surface area (Å²) in [4.78, 5) is 0. The number of hydrogen-bond acceptors (Lipinski definition) is 1. The summed E-state index contributed by atoms with van der Waals surface area (Å²) in [5.74, 6) is -1.71. The van der Waals surface area contributed by atoms with Gasteiger partial charge >= 0.3 is 0 Å². The maximum Gasteiger partial charge on any atom is 0.159 e. The second kappa shape index (κ2) is 6.95. The monoisotopic (exact) mass is 340 g/mol. The molecule has 0 bridgehead atoms. The van der Waals surface area contributed by atoms with Gasteiger partial charge in [-0.2, -0.15) is 0 Å². The highest BCUT2D eigenvalue weighted by molar-refractivity contribution is 9.10. The Hall–Kier alpha value is -1.26. The molecule has 1 nitrogen and oxygen atoms in total. The zero-order valence-corrected chi connectivity index (χ0v) is 12.4. The lowest BCUT2D eigenvalue weighted by Crippen LogP contribution is -2.13. The lowest BCUT2D eigenvalue weighted by Gasteiger charge is -2.14. The van der Waals surface area contributed by atoms with Crippen molar-refractivity contribution in [2.75, 3.05) is 6.61 Å². The third-order valence-corrected chi connectivity index (χ3v) is 3.67. The van der Waals surface area contributed by atoms with Gasteiger partial charge in [-0.1, -0.05) is 34.1 Å². The van der Waals surface area contributed by atoms with Crippen LogP contribution in [0.25, 0.3) is 0 Å². The summed E-state index contributed by atoms with van der Waals surface area (Å²) in [6.45, 7) is 0.00547. The summed E-state index contributed by atoms with van der Waals surface area (Å²) in [7, 11) is 0. The van der Waals surface area contributed by atoms with E-state index in [2.05, 4.69) is 15.9 Å². The predicted octanol–water partition coefficient (Wildman–Crippen LogP) is 4.12. The van der Waals surface area contributed by atoms with Crippen LogP contribution in [-0.4, -0.2) is 11.7 Å². The Kier molecular flexibility index (Phi) is 5.26. The van der Waals surface area contributed by atoms with E-state index < -0.39 is 11.6 Å². The molecule has 0 aliphatic rings. The van der Waals surface area contributed by atoms with E-state index in [1.54, 1.807) is 6.07 Å². The van der Waals surface area contributed by atoms with Crippen molar-refractivity contribution in [3.8, 4) is 0 Å². The summed E-state index contributed by atoms with van der Waals surface area (Å²) >= 11 is 3.40. The minimum absolute atomic E-state index is 0.00547. The fourth-order valence-corrected chi connectivity index (χ4v) is 2.65. The first kappa shape index (κ1) is 15.1. The normalized spacial score (nSPS) is 12.4. The minimum Gasteiger partial charge on any atom is -0.396 e. The van der Waals surface area contributed by atoms with Gasteiger partial charge in [0.25, 0.3) is 0 Å². The summed E-state index contributed by atoms with van der Waals surface area (Å²) in [6, 6.07) is 11.7. The standard InChI is InChI=1S/C16H15BrF2O/c17-14-3-1-2-11(8-14)6-13(10-20)7-12-4-5-15(18)16(19)9-12/h1-5,8-9,13,20H,6-7,10H2. The first-order chi connectivity index (χ1) is 9.58. The van der Waals surface area contributed by atoms with Gasteiger partial charge in [-0.05, 0) is 54.2 Å².